The van der Waals surface area contributed by atoms with Gasteiger partial charge in [-0.2, -0.15) is 5.10 Å². The molecular formula is C7H14ClN3. The van der Waals surface area contributed by atoms with Gasteiger partial charge in [0.05, 0.1) is 0 Å². The SMILES string of the molecule is CC(C)(C)CC1=NNCN1Cl. The minimum absolute atomic E-state index is 0.248. The maximum absolute atomic E-state index is 5.82. The highest BCUT2D eigenvalue weighted by Gasteiger charge is 2.21. The molecule has 0 atom stereocenters. The summed E-state index contributed by atoms with van der Waals surface area (Å²) in [6.45, 7) is 7.11. The lowest BCUT2D eigenvalue weighted by Crippen LogP contribution is -2.23. The van der Waals surface area contributed by atoms with Crippen LogP contribution in [-0.2, 0) is 0 Å². The van der Waals surface area contributed by atoms with Crippen LogP contribution in [0.2, 0.25) is 0 Å². The maximum atomic E-state index is 5.82. The second kappa shape index (κ2) is 2.89. The summed E-state index contributed by atoms with van der Waals surface area (Å²) in [5.74, 6) is 0.930. The molecule has 4 heteroatoms. The Morgan fingerprint density at radius 2 is 2.27 bits per heavy atom. The van der Waals surface area contributed by atoms with Gasteiger partial charge >= 0.3 is 0 Å². The van der Waals surface area contributed by atoms with Crippen LogP contribution in [0.4, 0.5) is 0 Å². The molecule has 1 aliphatic heterocycles. The third-order valence-corrected chi connectivity index (χ3v) is 1.70. The van der Waals surface area contributed by atoms with Gasteiger partial charge in [0.25, 0.3) is 0 Å². The van der Waals surface area contributed by atoms with Crippen LogP contribution in [0.1, 0.15) is 27.2 Å². The Morgan fingerprint density at radius 1 is 1.64 bits per heavy atom. The molecule has 0 amide bonds. The van der Waals surface area contributed by atoms with Crippen LogP contribution < -0.4 is 5.43 Å². The van der Waals surface area contributed by atoms with Gasteiger partial charge in [-0.1, -0.05) is 20.8 Å². The molecule has 0 unspecified atom stereocenters. The molecule has 3 nitrogen and oxygen atoms in total. The van der Waals surface area contributed by atoms with Crippen molar-refractivity contribution in [1.29, 1.82) is 0 Å². The second-order valence-electron chi connectivity index (χ2n) is 3.94. The van der Waals surface area contributed by atoms with Crippen molar-refractivity contribution in [2.75, 3.05) is 6.67 Å². The van der Waals surface area contributed by atoms with Gasteiger partial charge in [-0.05, 0) is 5.41 Å². The molecule has 1 heterocycles. The van der Waals surface area contributed by atoms with Crippen LogP contribution in [0.3, 0.4) is 0 Å². The monoisotopic (exact) mass is 175 g/mol. The van der Waals surface area contributed by atoms with Gasteiger partial charge in [-0.25, -0.2) is 4.42 Å². The molecule has 0 aromatic heterocycles. The summed E-state index contributed by atoms with van der Waals surface area (Å²) in [7, 11) is 0. The first kappa shape index (κ1) is 8.65. The van der Waals surface area contributed by atoms with E-state index in [0.717, 1.165) is 12.3 Å². The minimum Gasteiger partial charge on any atom is -0.287 e. The number of rotatable bonds is 1. The Labute approximate surface area is 72.5 Å². The Kier molecular flexibility index (Phi) is 2.28. The molecule has 1 rings (SSSR count). The normalized spacial score (nSPS) is 18.2. The van der Waals surface area contributed by atoms with E-state index in [1.165, 1.54) is 0 Å². The van der Waals surface area contributed by atoms with Gasteiger partial charge in [0, 0.05) is 18.2 Å². The molecule has 0 bridgehead atoms. The predicted molar refractivity (Wildman–Crippen MR) is 47.2 cm³/mol. The molecule has 11 heavy (non-hydrogen) atoms. The highest BCUT2D eigenvalue weighted by atomic mass is 35.5. The number of nitrogens with zero attached hydrogens (tertiary/aromatic N) is 2. The molecule has 0 spiro atoms. The molecule has 64 valence electrons. The topological polar surface area (TPSA) is 27.6 Å². The molecule has 0 saturated heterocycles. The second-order valence-corrected chi connectivity index (χ2v) is 4.35. The lowest BCUT2D eigenvalue weighted by Gasteiger charge is -2.19. The van der Waals surface area contributed by atoms with E-state index in [-0.39, 0.29) is 5.41 Å². The van der Waals surface area contributed by atoms with E-state index in [9.17, 15) is 0 Å². The fourth-order valence-corrected chi connectivity index (χ4v) is 1.08. The number of hydrazone groups is 1. The molecule has 1 N–H and O–H groups in total. The highest BCUT2D eigenvalue weighted by Crippen LogP contribution is 2.22. The molecule has 0 radical (unpaired) electrons. The van der Waals surface area contributed by atoms with Crippen molar-refractivity contribution in [3.05, 3.63) is 0 Å². The lowest BCUT2D eigenvalue weighted by atomic mass is 9.92. The highest BCUT2D eigenvalue weighted by molar-refractivity contribution is 6.22. The summed E-state index contributed by atoms with van der Waals surface area (Å²) in [6, 6.07) is 0. The van der Waals surface area contributed by atoms with Crippen LogP contribution in [0.25, 0.3) is 0 Å². The van der Waals surface area contributed by atoms with Gasteiger partial charge in [0.1, 0.15) is 12.5 Å². The quantitative estimate of drug-likeness (QED) is 0.615. The summed E-state index contributed by atoms with van der Waals surface area (Å²) in [4.78, 5) is 0. The van der Waals surface area contributed by atoms with Crippen LogP contribution in [0.15, 0.2) is 5.10 Å². The number of hydrogen-bond acceptors (Lipinski definition) is 3. The average Bonchev–Trinajstić information content (AvgIpc) is 2.12. The van der Waals surface area contributed by atoms with Crippen LogP contribution in [0.5, 0.6) is 0 Å². The fourth-order valence-electron chi connectivity index (χ4n) is 0.934. The zero-order valence-electron chi connectivity index (χ0n) is 7.19. The Hall–Kier alpha value is -0.440. The van der Waals surface area contributed by atoms with Gasteiger partial charge in [0.15, 0.2) is 0 Å². The number of hydrogen-bond donors (Lipinski definition) is 1. The molecule has 0 aromatic rings. The lowest BCUT2D eigenvalue weighted by molar-refractivity contribution is 0.423. The maximum Gasteiger partial charge on any atom is 0.141 e. The van der Waals surface area contributed by atoms with E-state index in [4.69, 9.17) is 11.8 Å². The summed E-state index contributed by atoms with van der Waals surface area (Å²) in [5, 5.41) is 4.06. The zero-order valence-corrected chi connectivity index (χ0v) is 7.94. The minimum atomic E-state index is 0.248. The van der Waals surface area contributed by atoms with Gasteiger partial charge < -0.3 is 0 Å². The van der Waals surface area contributed by atoms with Crippen molar-refractivity contribution in [3.8, 4) is 0 Å². The van der Waals surface area contributed by atoms with E-state index in [2.05, 4.69) is 31.3 Å². The predicted octanol–water partition coefficient (Wildman–Crippen LogP) is 1.75. The molecule has 0 saturated carbocycles. The zero-order chi connectivity index (χ0) is 8.48. The summed E-state index contributed by atoms with van der Waals surface area (Å²) >= 11 is 5.82. The van der Waals surface area contributed by atoms with Gasteiger partial charge in [-0.15, -0.1) is 0 Å². The van der Waals surface area contributed by atoms with Gasteiger partial charge in [0.2, 0.25) is 0 Å². The Morgan fingerprint density at radius 3 is 2.64 bits per heavy atom. The molecule has 1 aliphatic rings. The molecule has 0 aromatic carbocycles. The van der Waals surface area contributed by atoms with Crippen molar-refractivity contribution in [3.63, 3.8) is 0 Å². The number of nitrogens with one attached hydrogen (secondary N) is 1. The smallest absolute Gasteiger partial charge is 0.141 e. The van der Waals surface area contributed by atoms with E-state index in [1.54, 1.807) is 4.42 Å². The first-order chi connectivity index (χ1) is 4.99. The number of halogens is 1. The summed E-state index contributed by atoms with van der Waals surface area (Å²) < 4.78 is 1.62. The third-order valence-electron chi connectivity index (χ3n) is 1.39. The van der Waals surface area contributed by atoms with Crippen molar-refractivity contribution in [2.24, 2.45) is 10.5 Å². The largest absolute Gasteiger partial charge is 0.287 e. The van der Waals surface area contributed by atoms with Crippen molar-refractivity contribution >= 4 is 17.6 Å². The van der Waals surface area contributed by atoms with Crippen molar-refractivity contribution in [2.45, 2.75) is 27.2 Å². The van der Waals surface area contributed by atoms with E-state index < -0.39 is 0 Å². The van der Waals surface area contributed by atoms with Crippen LogP contribution in [-0.4, -0.2) is 16.9 Å². The van der Waals surface area contributed by atoms with Crippen LogP contribution in [0, 0.1) is 5.41 Å². The number of amidine groups is 1. The fraction of sp³-hybridized carbons (Fsp3) is 0.857. The first-order valence-corrected chi connectivity index (χ1v) is 4.05. The first-order valence-electron chi connectivity index (χ1n) is 3.72. The Balaban J connectivity index is 2.49. The third kappa shape index (κ3) is 2.58. The summed E-state index contributed by atoms with van der Waals surface area (Å²) in [6.07, 6.45) is 0.906. The van der Waals surface area contributed by atoms with E-state index in [0.29, 0.717) is 6.67 Å². The average molecular weight is 176 g/mol. The van der Waals surface area contributed by atoms with Crippen molar-refractivity contribution < 1.29 is 0 Å². The van der Waals surface area contributed by atoms with Crippen molar-refractivity contribution in [1.82, 2.24) is 9.84 Å². The molecule has 0 aliphatic carbocycles. The van der Waals surface area contributed by atoms with Crippen LogP contribution >= 0.6 is 11.8 Å². The van der Waals surface area contributed by atoms with E-state index in [1.807, 2.05) is 0 Å². The van der Waals surface area contributed by atoms with E-state index >= 15 is 0 Å². The standard InChI is InChI=1S/C7H14ClN3/c1-7(2,3)4-6-10-9-5-11(6)8/h9H,4-5H2,1-3H3. The molecular weight excluding hydrogens is 162 g/mol. The molecule has 0 fully saturated rings. The van der Waals surface area contributed by atoms with Gasteiger partial charge in [-0.3, -0.25) is 5.43 Å². The Bertz CT molecular complexity index is 171. The summed E-state index contributed by atoms with van der Waals surface area (Å²) in [5.41, 5.74) is 3.07.